The summed E-state index contributed by atoms with van der Waals surface area (Å²) in [5, 5.41) is 4.25. The fourth-order valence-corrected chi connectivity index (χ4v) is 5.80. The van der Waals surface area contributed by atoms with Crippen molar-refractivity contribution in [3.63, 3.8) is 0 Å². The van der Waals surface area contributed by atoms with Crippen molar-refractivity contribution in [2.75, 3.05) is 0 Å². The topological polar surface area (TPSA) is 34.9 Å². The Hall–Kier alpha value is -1.83. The lowest BCUT2D eigenvalue weighted by Crippen LogP contribution is -2.13. The summed E-state index contributed by atoms with van der Waals surface area (Å²) < 4.78 is 16.0. The van der Waals surface area contributed by atoms with Gasteiger partial charge >= 0.3 is 0 Å². The molecule has 27 heavy (non-hydrogen) atoms. The summed E-state index contributed by atoms with van der Waals surface area (Å²) >= 11 is 8.15. The maximum absolute atomic E-state index is 13.1. The van der Waals surface area contributed by atoms with Crippen LogP contribution in [-0.2, 0) is 12.8 Å². The predicted molar refractivity (Wildman–Crippen MR) is 110 cm³/mol. The molecule has 1 aromatic heterocycles. The first-order valence-electron chi connectivity index (χ1n) is 8.70. The minimum atomic E-state index is -0.302. The number of fused-ring (bicyclic) bond motifs is 1. The lowest BCUT2D eigenvalue weighted by molar-refractivity contribution is 0.0994. The number of hydrogen-bond acceptors (Lipinski definition) is 5. The van der Waals surface area contributed by atoms with Crippen molar-refractivity contribution in [1.82, 2.24) is 9.78 Å². The number of carbonyl (C=O) groups is 1. The zero-order chi connectivity index (χ0) is 19.0. The number of thioether (sulfide) groups is 1. The van der Waals surface area contributed by atoms with E-state index in [9.17, 15) is 9.18 Å². The largest absolute Gasteiger partial charge is 0.293 e. The van der Waals surface area contributed by atoms with Crippen molar-refractivity contribution in [2.45, 2.75) is 35.8 Å². The van der Waals surface area contributed by atoms with Crippen LogP contribution in [0.1, 0.15) is 34.8 Å². The molecule has 0 bridgehead atoms. The van der Waals surface area contributed by atoms with Crippen molar-refractivity contribution in [1.29, 1.82) is 0 Å². The van der Waals surface area contributed by atoms with E-state index in [1.165, 1.54) is 52.8 Å². The molecule has 1 heterocycles. The second-order valence-corrected chi connectivity index (χ2v) is 9.69. The first kappa shape index (κ1) is 18.5. The first-order chi connectivity index (χ1) is 13.0. The molecule has 0 saturated carbocycles. The minimum absolute atomic E-state index is 0.101. The summed E-state index contributed by atoms with van der Waals surface area (Å²) in [7, 11) is 0. The van der Waals surface area contributed by atoms with Crippen LogP contribution in [0, 0.1) is 9.77 Å². The van der Waals surface area contributed by atoms with E-state index < -0.39 is 0 Å². The second kappa shape index (κ2) is 7.66. The molecule has 0 amide bonds. The van der Waals surface area contributed by atoms with Crippen molar-refractivity contribution >= 4 is 41.1 Å². The average Bonchev–Trinajstić information content (AvgIpc) is 3.27. The number of aryl methyl sites for hydroxylation is 2. The van der Waals surface area contributed by atoms with Crippen LogP contribution in [0.5, 0.6) is 0 Å². The fourth-order valence-electron chi connectivity index (χ4n) is 3.22. The highest BCUT2D eigenvalue weighted by Crippen LogP contribution is 2.30. The molecule has 3 aromatic rings. The van der Waals surface area contributed by atoms with Crippen LogP contribution in [0.4, 0.5) is 4.39 Å². The quantitative estimate of drug-likeness (QED) is 0.306. The molecule has 1 aliphatic carbocycles. The van der Waals surface area contributed by atoms with E-state index in [0.29, 0.717) is 9.64 Å². The molecule has 2 aromatic carbocycles. The zero-order valence-electron chi connectivity index (χ0n) is 14.6. The molecule has 7 heteroatoms. The molecule has 3 nitrogen and oxygen atoms in total. The summed E-state index contributed by atoms with van der Waals surface area (Å²) in [4.78, 5) is 12.8. The molecule has 138 valence electrons. The van der Waals surface area contributed by atoms with Crippen LogP contribution in [0.2, 0.25) is 0 Å². The van der Waals surface area contributed by atoms with E-state index in [1.807, 2.05) is 19.1 Å². The summed E-state index contributed by atoms with van der Waals surface area (Å²) in [6, 6.07) is 12.1. The van der Waals surface area contributed by atoms with Gasteiger partial charge in [-0.15, -0.1) is 5.10 Å². The Bertz CT molecular complexity index is 1060. The van der Waals surface area contributed by atoms with Gasteiger partial charge in [0, 0.05) is 5.56 Å². The van der Waals surface area contributed by atoms with E-state index >= 15 is 0 Å². The SMILES string of the molecule is C[C@@H](Sc1nn(-c2ccc(F)cc2)c(=S)s1)C(=O)c1ccc2c(c1)CCC2. The van der Waals surface area contributed by atoms with Crippen molar-refractivity contribution in [3.8, 4) is 5.69 Å². The number of hydrogen-bond donors (Lipinski definition) is 0. The Morgan fingerprint density at radius 1 is 1.22 bits per heavy atom. The standard InChI is InChI=1S/C20H17FN2OS3/c1-12(18(24)15-6-5-13-3-2-4-14(13)11-15)26-19-22-23(20(25)27-19)17-9-7-16(21)8-10-17/h5-12H,2-4H2,1H3/t12-/m1/s1. The van der Waals surface area contributed by atoms with Crippen LogP contribution < -0.4 is 0 Å². The summed E-state index contributed by atoms with van der Waals surface area (Å²) in [6.07, 6.45) is 3.33. The average molecular weight is 417 g/mol. The fraction of sp³-hybridized carbons (Fsp3) is 0.250. The molecular formula is C20H17FN2OS3. The molecular weight excluding hydrogens is 399 g/mol. The van der Waals surface area contributed by atoms with E-state index in [1.54, 1.807) is 16.8 Å². The van der Waals surface area contributed by atoms with Gasteiger partial charge in [0.15, 0.2) is 14.1 Å². The Kier molecular flexibility index (Phi) is 5.25. The number of carbonyl (C=O) groups excluding carboxylic acids is 1. The number of ketones is 1. The zero-order valence-corrected chi connectivity index (χ0v) is 17.1. The highest BCUT2D eigenvalue weighted by Gasteiger charge is 2.21. The number of rotatable bonds is 5. The van der Waals surface area contributed by atoms with Crippen LogP contribution in [0.3, 0.4) is 0 Å². The van der Waals surface area contributed by atoms with Gasteiger partial charge in [-0.05, 0) is 79.9 Å². The Morgan fingerprint density at radius 2 is 1.96 bits per heavy atom. The van der Waals surface area contributed by atoms with Crippen LogP contribution >= 0.6 is 35.3 Å². The molecule has 0 radical (unpaired) electrons. The third-order valence-corrected chi connectivity index (χ3v) is 7.05. The third-order valence-electron chi connectivity index (χ3n) is 4.63. The Balaban J connectivity index is 1.52. The van der Waals surface area contributed by atoms with Crippen LogP contribution in [0.25, 0.3) is 5.69 Å². The Labute approximate surface area is 170 Å². The highest BCUT2D eigenvalue weighted by atomic mass is 32.2. The molecule has 0 unspecified atom stereocenters. The van der Waals surface area contributed by atoms with Gasteiger partial charge in [0.2, 0.25) is 0 Å². The van der Waals surface area contributed by atoms with Gasteiger partial charge in [0.25, 0.3) is 0 Å². The normalized spacial score (nSPS) is 14.1. The summed E-state index contributed by atoms with van der Waals surface area (Å²) in [5.41, 5.74) is 4.14. The molecule has 0 saturated heterocycles. The van der Waals surface area contributed by atoms with Gasteiger partial charge in [-0.3, -0.25) is 4.79 Å². The van der Waals surface area contributed by atoms with Crippen LogP contribution in [-0.4, -0.2) is 20.8 Å². The second-order valence-electron chi connectivity index (χ2n) is 6.48. The number of Topliss-reactive ketones (excluding diaryl/α,β-unsaturated/α-hetero) is 1. The van der Waals surface area contributed by atoms with E-state index in [2.05, 4.69) is 11.2 Å². The lowest BCUT2D eigenvalue weighted by Gasteiger charge is -2.09. The monoisotopic (exact) mass is 416 g/mol. The number of benzene rings is 2. The maximum atomic E-state index is 13.1. The molecule has 0 fully saturated rings. The molecule has 0 spiro atoms. The molecule has 1 atom stereocenters. The highest BCUT2D eigenvalue weighted by molar-refractivity contribution is 8.02. The van der Waals surface area contributed by atoms with Gasteiger partial charge < -0.3 is 0 Å². The van der Waals surface area contributed by atoms with E-state index in [4.69, 9.17) is 12.2 Å². The van der Waals surface area contributed by atoms with Crippen molar-refractivity contribution in [2.24, 2.45) is 0 Å². The minimum Gasteiger partial charge on any atom is -0.293 e. The van der Waals surface area contributed by atoms with Gasteiger partial charge in [-0.2, -0.15) is 0 Å². The molecule has 0 aliphatic heterocycles. The van der Waals surface area contributed by atoms with Crippen LogP contribution in [0.15, 0.2) is 46.8 Å². The molecule has 1 aliphatic rings. The summed E-state index contributed by atoms with van der Waals surface area (Å²) in [6.45, 7) is 1.90. The van der Waals surface area contributed by atoms with Gasteiger partial charge in [0.1, 0.15) is 5.82 Å². The van der Waals surface area contributed by atoms with Gasteiger partial charge in [-0.25, -0.2) is 9.07 Å². The van der Waals surface area contributed by atoms with Crippen molar-refractivity contribution in [3.05, 3.63) is 68.9 Å². The molecule has 0 N–H and O–H groups in total. The number of aromatic nitrogens is 2. The Morgan fingerprint density at radius 3 is 2.74 bits per heavy atom. The lowest BCUT2D eigenvalue weighted by atomic mass is 10.0. The number of nitrogens with zero attached hydrogens (tertiary/aromatic N) is 2. The van der Waals surface area contributed by atoms with Crippen molar-refractivity contribution < 1.29 is 9.18 Å². The predicted octanol–water partition coefficient (Wildman–Crippen LogP) is 5.65. The van der Waals surface area contributed by atoms with Gasteiger partial charge in [0.05, 0.1) is 10.9 Å². The number of halogens is 1. The summed E-state index contributed by atoms with van der Waals surface area (Å²) in [5.74, 6) is -0.201. The maximum Gasteiger partial charge on any atom is 0.184 e. The van der Waals surface area contributed by atoms with Gasteiger partial charge in [-0.1, -0.05) is 35.2 Å². The van der Waals surface area contributed by atoms with E-state index in [-0.39, 0.29) is 16.9 Å². The third kappa shape index (κ3) is 3.90. The van der Waals surface area contributed by atoms with E-state index in [0.717, 1.165) is 22.7 Å². The molecule has 4 rings (SSSR count). The smallest absolute Gasteiger partial charge is 0.184 e. The first-order valence-corrected chi connectivity index (χ1v) is 10.8.